The van der Waals surface area contributed by atoms with Crippen LogP contribution in [0.5, 0.6) is 0 Å². The molecule has 1 N–H and O–H groups in total. The molecule has 0 saturated heterocycles. The summed E-state index contributed by atoms with van der Waals surface area (Å²) >= 11 is 0. The third kappa shape index (κ3) is 4.20. The van der Waals surface area contributed by atoms with Crippen LogP contribution in [0.4, 0.5) is 0 Å². The molecule has 0 aliphatic carbocycles. The first kappa shape index (κ1) is 16.3. The van der Waals surface area contributed by atoms with Gasteiger partial charge in [-0.2, -0.15) is 0 Å². The van der Waals surface area contributed by atoms with Gasteiger partial charge >= 0.3 is 0 Å². The summed E-state index contributed by atoms with van der Waals surface area (Å²) in [6, 6.07) is 16.2. The van der Waals surface area contributed by atoms with Gasteiger partial charge in [-0.25, -0.2) is 0 Å². The maximum Gasteiger partial charge on any atom is 0.252 e. The Morgan fingerprint density at radius 1 is 1.05 bits per heavy atom. The molecule has 0 saturated carbocycles. The Balaban J connectivity index is 2.21. The van der Waals surface area contributed by atoms with Gasteiger partial charge in [-0.1, -0.05) is 61.9 Å². The molecule has 1 amide bonds. The summed E-state index contributed by atoms with van der Waals surface area (Å²) in [5.74, 6) is 0.525. The lowest BCUT2D eigenvalue weighted by Gasteiger charge is -2.22. The Bertz CT molecular complexity index is 631. The lowest BCUT2D eigenvalue weighted by atomic mass is 9.96. The van der Waals surface area contributed by atoms with Crippen molar-refractivity contribution in [3.8, 4) is 0 Å². The summed E-state index contributed by atoms with van der Waals surface area (Å²) in [5, 5.41) is 3.20. The molecule has 0 spiro atoms. The van der Waals surface area contributed by atoms with Crippen molar-refractivity contribution in [2.75, 3.05) is 0 Å². The van der Waals surface area contributed by atoms with Crippen LogP contribution in [0, 0.1) is 19.8 Å². The third-order valence-electron chi connectivity index (χ3n) is 3.84. The van der Waals surface area contributed by atoms with E-state index in [1.165, 1.54) is 5.56 Å². The Labute approximate surface area is 133 Å². The number of hydrogen-bond donors (Lipinski definition) is 1. The van der Waals surface area contributed by atoms with Crippen LogP contribution in [0.2, 0.25) is 0 Å². The van der Waals surface area contributed by atoms with Crippen LogP contribution in [0.25, 0.3) is 0 Å². The highest BCUT2D eigenvalue weighted by atomic mass is 16.1. The van der Waals surface area contributed by atoms with Crippen LogP contribution in [-0.2, 0) is 0 Å². The number of benzene rings is 2. The molecular formula is C20H25NO. The molecule has 0 unspecified atom stereocenters. The first-order valence-corrected chi connectivity index (χ1v) is 7.90. The molecule has 116 valence electrons. The fraction of sp³-hybridized carbons (Fsp3) is 0.350. The van der Waals surface area contributed by atoms with Gasteiger partial charge in [0.05, 0.1) is 6.04 Å². The van der Waals surface area contributed by atoms with E-state index >= 15 is 0 Å². The van der Waals surface area contributed by atoms with E-state index in [-0.39, 0.29) is 11.9 Å². The second-order valence-corrected chi connectivity index (χ2v) is 6.38. The smallest absolute Gasteiger partial charge is 0.252 e. The van der Waals surface area contributed by atoms with Crippen LogP contribution in [0.15, 0.2) is 48.5 Å². The van der Waals surface area contributed by atoms with E-state index in [0.29, 0.717) is 5.92 Å². The Morgan fingerprint density at radius 2 is 1.73 bits per heavy atom. The van der Waals surface area contributed by atoms with Crippen LogP contribution < -0.4 is 5.32 Å². The molecular weight excluding hydrogens is 270 g/mol. The van der Waals surface area contributed by atoms with Crippen molar-refractivity contribution >= 4 is 5.91 Å². The number of carbonyl (C=O) groups is 1. The van der Waals surface area contributed by atoms with Gasteiger partial charge in [0.1, 0.15) is 0 Å². The molecule has 2 aromatic rings. The molecule has 0 aliphatic rings. The molecule has 2 aromatic carbocycles. The lowest BCUT2D eigenvalue weighted by molar-refractivity contribution is 0.0931. The van der Waals surface area contributed by atoms with Crippen molar-refractivity contribution in [3.63, 3.8) is 0 Å². The Hall–Kier alpha value is -2.09. The van der Waals surface area contributed by atoms with Gasteiger partial charge < -0.3 is 5.32 Å². The molecule has 2 heteroatoms. The predicted octanol–water partition coefficient (Wildman–Crippen LogP) is 4.82. The highest BCUT2D eigenvalue weighted by molar-refractivity contribution is 5.95. The number of nitrogens with one attached hydrogen (secondary N) is 1. The zero-order valence-electron chi connectivity index (χ0n) is 13.9. The summed E-state index contributed by atoms with van der Waals surface area (Å²) in [7, 11) is 0. The normalized spacial score (nSPS) is 12.2. The van der Waals surface area contributed by atoms with Crippen LogP contribution in [0.3, 0.4) is 0 Å². The van der Waals surface area contributed by atoms with Gasteiger partial charge in [0.15, 0.2) is 0 Å². The standard InChI is InChI=1S/C20H25NO/c1-14(2)12-19(17-8-6-5-7-9-17)21-20(22)18-11-10-15(3)13-16(18)4/h5-11,13-14,19H,12H2,1-4H3,(H,21,22)/t19-/m1/s1. The summed E-state index contributed by atoms with van der Waals surface area (Å²) < 4.78 is 0. The SMILES string of the molecule is Cc1ccc(C(=O)N[C@H](CC(C)C)c2ccccc2)c(C)c1. The number of rotatable bonds is 5. The summed E-state index contributed by atoms with van der Waals surface area (Å²) in [6.07, 6.45) is 0.931. The first-order chi connectivity index (χ1) is 10.5. The zero-order chi connectivity index (χ0) is 16.1. The van der Waals surface area contributed by atoms with Crippen molar-refractivity contribution in [2.45, 2.75) is 40.2 Å². The van der Waals surface area contributed by atoms with E-state index < -0.39 is 0 Å². The minimum Gasteiger partial charge on any atom is -0.345 e. The number of aryl methyl sites for hydroxylation is 2. The van der Waals surface area contributed by atoms with Crippen molar-refractivity contribution < 1.29 is 4.79 Å². The van der Waals surface area contributed by atoms with Crippen LogP contribution in [-0.4, -0.2) is 5.91 Å². The molecule has 2 nitrogen and oxygen atoms in total. The summed E-state index contributed by atoms with van der Waals surface area (Å²) in [4.78, 5) is 12.6. The maximum atomic E-state index is 12.6. The van der Waals surface area contributed by atoms with Crippen molar-refractivity contribution in [1.29, 1.82) is 0 Å². The van der Waals surface area contributed by atoms with Gasteiger partial charge in [-0.3, -0.25) is 4.79 Å². The van der Waals surface area contributed by atoms with E-state index in [1.54, 1.807) is 0 Å². The van der Waals surface area contributed by atoms with Crippen LogP contribution >= 0.6 is 0 Å². The van der Waals surface area contributed by atoms with Gasteiger partial charge in [0.25, 0.3) is 5.91 Å². The van der Waals surface area contributed by atoms with Gasteiger partial charge in [0.2, 0.25) is 0 Å². The van der Waals surface area contributed by atoms with E-state index in [9.17, 15) is 4.79 Å². The van der Waals surface area contributed by atoms with Crippen molar-refractivity contribution in [2.24, 2.45) is 5.92 Å². The topological polar surface area (TPSA) is 29.1 Å². The minimum absolute atomic E-state index is 0.00648. The Kier molecular flexibility index (Phi) is 5.37. The van der Waals surface area contributed by atoms with Crippen molar-refractivity contribution in [1.82, 2.24) is 5.32 Å². The quantitative estimate of drug-likeness (QED) is 0.841. The van der Waals surface area contributed by atoms with Gasteiger partial charge in [-0.15, -0.1) is 0 Å². The number of amides is 1. The maximum absolute atomic E-state index is 12.6. The predicted molar refractivity (Wildman–Crippen MR) is 92.0 cm³/mol. The van der Waals surface area contributed by atoms with Crippen molar-refractivity contribution in [3.05, 3.63) is 70.8 Å². The summed E-state index contributed by atoms with van der Waals surface area (Å²) in [6.45, 7) is 8.39. The summed E-state index contributed by atoms with van der Waals surface area (Å²) in [5.41, 5.74) is 4.12. The van der Waals surface area contributed by atoms with Gasteiger partial charge in [0, 0.05) is 5.56 Å². The third-order valence-corrected chi connectivity index (χ3v) is 3.84. The molecule has 2 rings (SSSR count). The van der Waals surface area contributed by atoms with Crippen LogP contribution in [0.1, 0.15) is 53.4 Å². The average molecular weight is 295 g/mol. The lowest BCUT2D eigenvalue weighted by Crippen LogP contribution is -2.30. The van der Waals surface area contributed by atoms with E-state index in [2.05, 4.69) is 37.4 Å². The number of carbonyl (C=O) groups excluding carboxylic acids is 1. The molecule has 0 bridgehead atoms. The second kappa shape index (κ2) is 7.26. The Morgan fingerprint density at radius 3 is 2.32 bits per heavy atom. The monoisotopic (exact) mass is 295 g/mol. The van der Waals surface area contributed by atoms with E-state index in [0.717, 1.165) is 23.1 Å². The number of hydrogen-bond acceptors (Lipinski definition) is 1. The fourth-order valence-electron chi connectivity index (χ4n) is 2.74. The first-order valence-electron chi connectivity index (χ1n) is 7.90. The molecule has 0 radical (unpaired) electrons. The molecule has 0 fully saturated rings. The highest BCUT2D eigenvalue weighted by Gasteiger charge is 2.18. The largest absolute Gasteiger partial charge is 0.345 e. The van der Waals surface area contributed by atoms with E-state index in [4.69, 9.17) is 0 Å². The molecule has 0 aliphatic heterocycles. The fourth-order valence-corrected chi connectivity index (χ4v) is 2.74. The second-order valence-electron chi connectivity index (χ2n) is 6.38. The molecule has 22 heavy (non-hydrogen) atoms. The zero-order valence-corrected chi connectivity index (χ0v) is 13.9. The highest BCUT2D eigenvalue weighted by Crippen LogP contribution is 2.22. The van der Waals surface area contributed by atoms with E-state index in [1.807, 2.05) is 44.2 Å². The molecule has 1 atom stereocenters. The average Bonchev–Trinajstić information content (AvgIpc) is 2.46. The molecule has 0 heterocycles. The van der Waals surface area contributed by atoms with Gasteiger partial charge in [-0.05, 0) is 43.4 Å². The molecule has 0 aromatic heterocycles. The minimum atomic E-state index is 0.00648.